The fourth-order valence-electron chi connectivity index (χ4n) is 4.67. The lowest BCUT2D eigenvalue weighted by Crippen LogP contribution is -2.33. The Morgan fingerprint density at radius 1 is 1.11 bits per heavy atom. The minimum atomic E-state index is -1.36. The van der Waals surface area contributed by atoms with Crippen molar-refractivity contribution in [3.8, 4) is 17.3 Å². The number of aromatic hydroxyl groups is 1. The maximum absolute atomic E-state index is 14.4. The summed E-state index contributed by atoms with van der Waals surface area (Å²) in [6.45, 7) is 1.60. The van der Waals surface area contributed by atoms with Crippen LogP contribution in [0, 0.1) is 11.6 Å². The summed E-state index contributed by atoms with van der Waals surface area (Å²) in [7, 11) is 0. The second-order valence-electron chi connectivity index (χ2n) is 8.90. The van der Waals surface area contributed by atoms with Gasteiger partial charge in [0.15, 0.2) is 23.0 Å². The molecule has 0 saturated heterocycles. The average Bonchev–Trinajstić information content (AvgIpc) is 3.45. The molecule has 0 spiro atoms. The molecule has 5 aromatic rings. The van der Waals surface area contributed by atoms with Crippen LogP contribution in [0.3, 0.4) is 0 Å². The van der Waals surface area contributed by atoms with Crippen molar-refractivity contribution >= 4 is 23.2 Å². The quantitative estimate of drug-likeness (QED) is 0.344. The predicted octanol–water partition coefficient (Wildman–Crippen LogP) is 3.60. The molecule has 0 saturated carbocycles. The molecule has 1 aliphatic rings. The normalized spacial score (nSPS) is 16.7. The van der Waals surface area contributed by atoms with Crippen LogP contribution in [0.25, 0.3) is 17.2 Å². The molecule has 3 aromatic heterocycles. The van der Waals surface area contributed by atoms with Crippen molar-refractivity contribution < 1.29 is 18.7 Å². The van der Waals surface area contributed by atoms with Crippen LogP contribution in [0.4, 0.5) is 20.4 Å². The molecule has 37 heavy (non-hydrogen) atoms. The first-order valence-corrected chi connectivity index (χ1v) is 11.3. The summed E-state index contributed by atoms with van der Waals surface area (Å²) in [6.07, 6.45) is 5.18. The molecule has 0 aliphatic carbocycles. The predicted molar refractivity (Wildman–Crippen MR) is 131 cm³/mol. The first-order chi connectivity index (χ1) is 17.8. The van der Waals surface area contributed by atoms with E-state index in [1.54, 1.807) is 48.1 Å². The monoisotopic (exact) mass is 499 g/mol. The van der Waals surface area contributed by atoms with Gasteiger partial charge in [-0.05, 0) is 36.2 Å². The number of phenols is 1. The number of hydrogen-bond acceptors (Lipinski definition) is 7. The van der Waals surface area contributed by atoms with Gasteiger partial charge in [-0.25, -0.2) is 28.7 Å². The zero-order chi connectivity index (χ0) is 25.9. The number of hydrogen-bond donors (Lipinski definition) is 3. The van der Waals surface area contributed by atoms with Crippen molar-refractivity contribution in [1.29, 1.82) is 0 Å². The van der Waals surface area contributed by atoms with Crippen molar-refractivity contribution in [3.05, 3.63) is 95.1 Å². The molecule has 9 nitrogen and oxygen atoms in total. The Bertz CT molecular complexity index is 1740. The number of phenolic OH excluding ortho intramolecular Hbond substituents is 1. The summed E-state index contributed by atoms with van der Waals surface area (Å²) in [4.78, 5) is 31.1. The molecule has 0 unspecified atom stereocenters. The Morgan fingerprint density at radius 3 is 2.70 bits per heavy atom. The highest BCUT2D eigenvalue weighted by molar-refractivity contribution is 6.09. The highest BCUT2D eigenvalue weighted by atomic mass is 19.1. The largest absolute Gasteiger partial charge is 0.505 e. The number of fused-ring (bicyclic) bond motifs is 2. The van der Waals surface area contributed by atoms with Gasteiger partial charge in [-0.2, -0.15) is 0 Å². The number of benzene rings is 2. The summed E-state index contributed by atoms with van der Waals surface area (Å²) in [5.41, 5.74) is 7.48. The van der Waals surface area contributed by atoms with E-state index in [1.165, 1.54) is 18.2 Å². The summed E-state index contributed by atoms with van der Waals surface area (Å²) < 4.78 is 29.8. The average molecular weight is 499 g/mol. The lowest BCUT2D eigenvalue weighted by molar-refractivity contribution is -0.119. The molecule has 184 valence electrons. The van der Waals surface area contributed by atoms with Crippen molar-refractivity contribution in [3.63, 3.8) is 0 Å². The number of carbonyl (C=O) groups is 1. The minimum Gasteiger partial charge on any atom is -0.505 e. The number of imidazole rings is 1. The Kier molecular flexibility index (Phi) is 4.90. The number of nitrogen functional groups attached to an aromatic ring is 1. The van der Waals surface area contributed by atoms with Crippen LogP contribution in [0.1, 0.15) is 29.3 Å². The van der Waals surface area contributed by atoms with Gasteiger partial charge in [0.2, 0.25) is 5.91 Å². The third kappa shape index (κ3) is 3.46. The molecule has 6 rings (SSSR count). The topological polar surface area (TPSA) is 131 Å². The fourth-order valence-corrected chi connectivity index (χ4v) is 4.67. The van der Waals surface area contributed by atoms with Crippen molar-refractivity contribution in [2.75, 3.05) is 11.1 Å². The number of anilines is 2. The standard InChI is InChI=1S/C26H19F2N7O2/c1-26(14-6-7-16(28)19(36)11-14)20-21(29)32-22(33-23(20)34-25(26)37)18-12-35-9-8-30-24(35)17(31-18)10-13-4-2-3-5-15(13)27/h2-9,11-12,36H,10H2,1H3,(H3,29,32,33,34,37)/t26-/m0/s1. The van der Waals surface area contributed by atoms with E-state index in [9.17, 15) is 18.7 Å². The number of halogens is 2. The highest BCUT2D eigenvalue weighted by Crippen LogP contribution is 2.45. The lowest BCUT2D eigenvalue weighted by Gasteiger charge is -2.23. The van der Waals surface area contributed by atoms with Crippen LogP contribution >= 0.6 is 0 Å². The molecule has 4 heterocycles. The molecular weight excluding hydrogens is 480 g/mol. The van der Waals surface area contributed by atoms with Crippen LogP contribution in [0.2, 0.25) is 0 Å². The van der Waals surface area contributed by atoms with Gasteiger partial charge in [-0.3, -0.25) is 4.79 Å². The molecule has 1 aliphatic heterocycles. The summed E-state index contributed by atoms with van der Waals surface area (Å²) in [6, 6.07) is 10.1. The van der Waals surface area contributed by atoms with Crippen LogP contribution in [0.15, 0.2) is 61.1 Å². The SMILES string of the molecule is C[C@@]1(c2ccc(F)c(O)c2)C(=O)Nc2nc(-c3cn4ccnc4c(Cc4ccccc4F)n3)nc(N)c21. The lowest BCUT2D eigenvalue weighted by atomic mass is 9.77. The number of nitrogens with zero attached hydrogens (tertiary/aromatic N) is 5. The van der Waals surface area contributed by atoms with E-state index in [0.29, 0.717) is 33.7 Å². The van der Waals surface area contributed by atoms with Gasteiger partial charge < -0.3 is 20.6 Å². The van der Waals surface area contributed by atoms with E-state index in [4.69, 9.17) is 5.73 Å². The van der Waals surface area contributed by atoms with Gasteiger partial charge in [-0.15, -0.1) is 0 Å². The summed E-state index contributed by atoms with van der Waals surface area (Å²) >= 11 is 0. The van der Waals surface area contributed by atoms with E-state index in [0.717, 1.165) is 6.07 Å². The maximum Gasteiger partial charge on any atom is 0.240 e. The second kappa shape index (κ2) is 8.05. The first kappa shape index (κ1) is 22.5. The third-order valence-corrected chi connectivity index (χ3v) is 6.63. The van der Waals surface area contributed by atoms with Gasteiger partial charge in [0.25, 0.3) is 0 Å². The van der Waals surface area contributed by atoms with Gasteiger partial charge in [0, 0.05) is 25.0 Å². The van der Waals surface area contributed by atoms with Crippen LogP contribution in [-0.2, 0) is 16.6 Å². The molecule has 4 N–H and O–H groups in total. The third-order valence-electron chi connectivity index (χ3n) is 6.63. The molecule has 1 amide bonds. The first-order valence-electron chi connectivity index (χ1n) is 11.3. The van der Waals surface area contributed by atoms with Gasteiger partial charge in [0.1, 0.15) is 28.6 Å². The second-order valence-corrected chi connectivity index (χ2v) is 8.90. The Balaban J connectivity index is 1.47. The number of nitrogens with two attached hydrogens (primary N) is 1. The molecule has 1 atom stereocenters. The molecule has 0 radical (unpaired) electrons. The zero-order valence-corrected chi connectivity index (χ0v) is 19.4. The van der Waals surface area contributed by atoms with E-state index in [2.05, 4.69) is 25.3 Å². The van der Waals surface area contributed by atoms with Gasteiger partial charge >= 0.3 is 0 Å². The van der Waals surface area contributed by atoms with Crippen molar-refractivity contribution in [2.24, 2.45) is 0 Å². The van der Waals surface area contributed by atoms with Gasteiger partial charge in [0.05, 0.1) is 11.3 Å². The minimum absolute atomic E-state index is 0.0212. The highest BCUT2D eigenvalue weighted by Gasteiger charge is 2.48. The van der Waals surface area contributed by atoms with E-state index in [1.807, 2.05) is 0 Å². The fraction of sp³-hybridized carbons (Fsp3) is 0.115. The Hall–Kier alpha value is -4.93. The zero-order valence-electron chi connectivity index (χ0n) is 19.4. The van der Waals surface area contributed by atoms with E-state index >= 15 is 0 Å². The summed E-state index contributed by atoms with van der Waals surface area (Å²) in [5.74, 6) is -1.85. The number of carbonyl (C=O) groups excluding carboxylic acids is 1. The number of aromatic nitrogens is 5. The molecule has 0 fully saturated rings. The Morgan fingerprint density at radius 2 is 1.92 bits per heavy atom. The van der Waals surface area contributed by atoms with E-state index in [-0.39, 0.29) is 29.7 Å². The van der Waals surface area contributed by atoms with E-state index < -0.39 is 22.9 Å². The molecule has 11 heteroatoms. The van der Waals surface area contributed by atoms with Crippen molar-refractivity contribution in [2.45, 2.75) is 18.8 Å². The van der Waals surface area contributed by atoms with Crippen LogP contribution in [-0.4, -0.2) is 35.4 Å². The molecule has 2 aromatic carbocycles. The number of rotatable bonds is 4. The Labute approximate surface area is 208 Å². The number of amides is 1. The maximum atomic E-state index is 14.4. The van der Waals surface area contributed by atoms with Crippen LogP contribution < -0.4 is 11.1 Å². The molecule has 0 bridgehead atoms. The van der Waals surface area contributed by atoms with Crippen molar-refractivity contribution in [1.82, 2.24) is 24.3 Å². The molecular formula is C26H19F2N7O2. The van der Waals surface area contributed by atoms with Crippen LogP contribution in [0.5, 0.6) is 5.75 Å². The number of nitrogens with one attached hydrogen (secondary N) is 1. The summed E-state index contributed by atoms with van der Waals surface area (Å²) in [5, 5.41) is 12.6. The van der Waals surface area contributed by atoms with Gasteiger partial charge in [-0.1, -0.05) is 24.3 Å². The smallest absolute Gasteiger partial charge is 0.240 e.